The van der Waals surface area contributed by atoms with Gasteiger partial charge in [-0.25, -0.2) is 9.59 Å². The van der Waals surface area contributed by atoms with Crippen molar-refractivity contribution >= 4 is 11.9 Å². The van der Waals surface area contributed by atoms with Crippen LogP contribution in [0.5, 0.6) is 0 Å². The van der Waals surface area contributed by atoms with Gasteiger partial charge in [0.1, 0.15) is 5.41 Å². The molecule has 114 valence electrons. The summed E-state index contributed by atoms with van der Waals surface area (Å²) in [5, 5.41) is 28.4. The summed E-state index contributed by atoms with van der Waals surface area (Å²) in [6.45, 7) is -1.01. The van der Waals surface area contributed by atoms with E-state index in [1.807, 2.05) is 0 Å². The molecule has 0 bridgehead atoms. The molecule has 1 aliphatic heterocycles. The minimum absolute atomic E-state index is 0.0222. The van der Waals surface area contributed by atoms with E-state index >= 15 is 0 Å². The maximum atomic E-state index is 12.2. The van der Waals surface area contributed by atoms with Crippen molar-refractivity contribution in [3.05, 3.63) is 35.4 Å². The predicted molar refractivity (Wildman–Crippen MR) is 69.4 cm³/mol. The first-order chi connectivity index (χ1) is 9.93. The lowest BCUT2D eigenvalue weighted by Gasteiger charge is -2.42. The van der Waals surface area contributed by atoms with Gasteiger partial charge in [0.25, 0.3) is 5.79 Å². The minimum Gasteiger partial charge on any atom is -0.418 e. The summed E-state index contributed by atoms with van der Waals surface area (Å²) in [5.74, 6) is -3.67. The van der Waals surface area contributed by atoms with Crippen molar-refractivity contribution in [2.24, 2.45) is 5.41 Å². The molecule has 7 heteroatoms. The van der Waals surface area contributed by atoms with E-state index in [9.17, 15) is 24.9 Å². The van der Waals surface area contributed by atoms with Crippen LogP contribution in [0, 0.1) is 5.41 Å². The number of benzene rings is 1. The number of esters is 2. The molecule has 0 atom stereocenters. The molecular formula is C14H16O7. The highest BCUT2D eigenvalue weighted by Gasteiger charge is 2.56. The average molecular weight is 296 g/mol. The molecule has 2 rings (SSSR count). The standard InChI is InChI=1S/C14H16O7/c1-13(14(6-15,7-16)8-17)20-11(18)9-4-2-3-5-10(9)12(19)21-13/h2-5,15-17H,6-8H2,1H3. The molecule has 1 aromatic rings. The summed E-state index contributed by atoms with van der Waals surface area (Å²) < 4.78 is 10.3. The topological polar surface area (TPSA) is 113 Å². The lowest BCUT2D eigenvalue weighted by atomic mass is 9.82. The Kier molecular flexibility index (Phi) is 3.99. The molecule has 0 saturated heterocycles. The third-order valence-electron chi connectivity index (χ3n) is 3.81. The zero-order valence-electron chi connectivity index (χ0n) is 11.4. The van der Waals surface area contributed by atoms with Gasteiger partial charge >= 0.3 is 11.9 Å². The number of fused-ring (bicyclic) bond motifs is 1. The number of hydrogen-bond acceptors (Lipinski definition) is 7. The summed E-state index contributed by atoms with van der Waals surface area (Å²) in [6.07, 6.45) is 0. The first-order valence-corrected chi connectivity index (χ1v) is 6.31. The molecule has 0 aliphatic carbocycles. The first-order valence-electron chi connectivity index (χ1n) is 6.31. The van der Waals surface area contributed by atoms with Crippen molar-refractivity contribution in [3.8, 4) is 0 Å². The second-order valence-electron chi connectivity index (χ2n) is 5.03. The molecule has 7 nitrogen and oxygen atoms in total. The molecule has 1 aromatic carbocycles. The Labute approximate surface area is 120 Å². The second kappa shape index (κ2) is 5.44. The van der Waals surface area contributed by atoms with E-state index in [1.165, 1.54) is 19.1 Å². The van der Waals surface area contributed by atoms with Crippen LogP contribution in [0.3, 0.4) is 0 Å². The van der Waals surface area contributed by atoms with Gasteiger partial charge < -0.3 is 24.8 Å². The molecule has 0 spiro atoms. The fraction of sp³-hybridized carbons (Fsp3) is 0.429. The normalized spacial score (nSPS) is 17.5. The summed E-state index contributed by atoms with van der Waals surface area (Å²) in [7, 11) is 0. The van der Waals surface area contributed by atoms with Crippen LogP contribution < -0.4 is 0 Å². The highest BCUT2D eigenvalue weighted by molar-refractivity contribution is 6.04. The Morgan fingerprint density at radius 1 is 0.952 bits per heavy atom. The van der Waals surface area contributed by atoms with E-state index in [0.29, 0.717) is 0 Å². The minimum atomic E-state index is -2.00. The SMILES string of the molecule is CC1(C(CO)(CO)CO)OC(=O)c2ccccc2C(=O)O1. The molecule has 0 radical (unpaired) electrons. The van der Waals surface area contributed by atoms with Crippen molar-refractivity contribution in [3.63, 3.8) is 0 Å². The molecule has 0 aromatic heterocycles. The molecule has 0 fully saturated rings. The number of ether oxygens (including phenoxy) is 2. The van der Waals surface area contributed by atoms with Gasteiger partial charge in [-0.15, -0.1) is 0 Å². The number of aliphatic hydroxyl groups excluding tert-OH is 3. The summed E-state index contributed by atoms with van der Waals surface area (Å²) >= 11 is 0. The van der Waals surface area contributed by atoms with E-state index in [4.69, 9.17) is 9.47 Å². The van der Waals surface area contributed by atoms with Crippen LogP contribution in [0.4, 0.5) is 0 Å². The Morgan fingerprint density at radius 2 is 1.33 bits per heavy atom. The number of carbonyl (C=O) groups excluding carboxylic acids is 2. The van der Waals surface area contributed by atoms with Crippen molar-refractivity contribution in [2.45, 2.75) is 12.7 Å². The monoisotopic (exact) mass is 296 g/mol. The fourth-order valence-corrected chi connectivity index (χ4v) is 2.12. The van der Waals surface area contributed by atoms with Gasteiger partial charge in [-0.2, -0.15) is 0 Å². The predicted octanol–water partition coefficient (Wildman–Crippen LogP) is -0.307. The summed E-state index contributed by atoms with van der Waals surface area (Å²) in [5.41, 5.74) is -1.68. The molecular weight excluding hydrogens is 280 g/mol. The molecule has 0 saturated carbocycles. The molecule has 1 heterocycles. The first kappa shape index (κ1) is 15.4. The lowest BCUT2D eigenvalue weighted by Crippen LogP contribution is -2.57. The number of cyclic esters (lactones) is 2. The maximum absolute atomic E-state index is 12.2. The van der Waals surface area contributed by atoms with Gasteiger partial charge in [0, 0.05) is 6.92 Å². The van der Waals surface area contributed by atoms with E-state index in [2.05, 4.69) is 0 Å². The van der Waals surface area contributed by atoms with Crippen LogP contribution in [-0.2, 0) is 9.47 Å². The van der Waals surface area contributed by atoms with Gasteiger partial charge in [0.05, 0.1) is 30.9 Å². The molecule has 0 unspecified atom stereocenters. The zero-order chi connectivity index (χ0) is 15.7. The molecule has 0 amide bonds. The highest BCUT2D eigenvalue weighted by atomic mass is 16.7. The van der Waals surface area contributed by atoms with Crippen molar-refractivity contribution in [1.82, 2.24) is 0 Å². The number of hydrogen-bond donors (Lipinski definition) is 3. The molecule has 3 N–H and O–H groups in total. The third-order valence-corrected chi connectivity index (χ3v) is 3.81. The quantitative estimate of drug-likeness (QED) is 0.653. The van der Waals surface area contributed by atoms with Crippen LogP contribution in [-0.4, -0.2) is 52.9 Å². The Morgan fingerprint density at radius 3 is 1.67 bits per heavy atom. The van der Waals surface area contributed by atoms with E-state index in [1.54, 1.807) is 12.1 Å². The molecule has 21 heavy (non-hydrogen) atoms. The van der Waals surface area contributed by atoms with Crippen LogP contribution in [0.15, 0.2) is 24.3 Å². The zero-order valence-corrected chi connectivity index (χ0v) is 11.4. The summed E-state index contributed by atoms with van der Waals surface area (Å²) in [6, 6.07) is 5.94. The van der Waals surface area contributed by atoms with Crippen molar-refractivity contribution < 1.29 is 34.4 Å². The van der Waals surface area contributed by atoms with E-state index in [0.717, 1.165) is 0 Å². The van der Waals surface area contributed by atoms with Crippen LogP contribution in [0.1, 0.15) is 27.6 Å². The maximum Gasteiger partial charge on any atom is 0.342 e. The largest absolute Gasteiger partial charge is 0.418 e. The average Bonchev–Trinajstić information content (AvgIpc) is 2.58. The lowest BCUT2D eigenvalue weighted by molar-refractivity contribution is -0.256. The number of aliphatic hydroxyl groups is 3. The third kappa shape index (κ3) is 2.29. The van der Waals surface area contributed by atoms with Gasteiger partial charge in [-0.1, -0.05) is 12.1 Å². The van der Waals surface area contributed by atoms with E-state index < -0.39 is 43.0 Å². The second-order valence-corrected chi connectivity index (χ2v) is 5.03. The van der Waals surface area contributed by atoms with Crippen molar-refractivity contribution in [2.75, 3.05) is 19.8 Å². The summed E-state index contributed by atoms with van der Waals surface area (Å²) in [4.78, 5) is 24.3. The van der Waals surface area contributed by atoms with Crippen molar-refractivity contribution in [1.29, 1.82) is 0 Å². The highest BCUT2D eigenvalue weighted by Crippen LogP contribution is 2.38. The Hall–Kier alpha value is -1.96. The van der Waals surface area contributed by atoms with E-state index in [-0.39, 0.29) is 11.1 Å². The van der Waals surface area contributed by atoms with Gasteiger partial charge in [0.2, 0.25) is 0 Å². The van der Waals surface area contributed by atoms with Crippen LogP contribution in [0.2, 0.25) is 0 Å². The van der Waals surface area contributed by atoms with Gasteiger partial charge in [-0.05, 0) is 12.1 Å². The number of carbonyl (C=O) groups is 2. The van der Waals surface area contributed by atoms with Gasteiger partial charge in [0.15, 0.2) is 0 Å². The smallest absolute Gasteiger partial charge is 0.342 e. The van der Waals surface area contributed by atoms with Gasteiger partial charge in [-0.3, -0.25) is 0 Å². The van der Waals surface area contributed by atoms with Crippen LogP contribution in [0.25, 0.3) is 0 Å². The fourth-order valence-electron chi connectivity index (χ4n) is 2.12. The molecule has 1 aliphatic rings. The van der Waals surface area contributed by atoms with Crippen LogP contribution >= 0.6 is 0 Å². The Bertz CT molecular complexity index is 517. The Balaban J connectivity index is 2.52. The number of rotatable bonds is 4.